The summed E-state index contributed by atoms with van der Waals surface area (Å²) >= 11 is 0. The second-order valence-corrected chi connectivity index (χ2v) is 10.6. The fourth-order valence-corrected chi connectivity index (χ4v) is 5.71. The van der Waals surface area contributed by atoms with Gasteiger partial charge >= 0.3 is 5.97 Å². The number of esters is 1. The van der Waals surface area contributed by atoms with Crippen molar-refractivity contribution in [2.45, 2.75) is 58.0 Å². The highest BCUT2D eigenvalue weighted by molar-refractivity contribution is 6.04. The molecule has 41 heavy (non-hydrogen) atoms. The van der Waals surface area contributed by atoms with Crippen molar-refractivity contribution in [3.05, 3.63) is 118 Å². The van der Waals surface area contributed by atoms with Gasteiger partial charge in [-0.1, -0.05) is 74.0 Å². The van der Waals surface area contributed by atoms with Gasteiger partial charge in [0.05, 0.1) is 25.2 Å². The fraction of sp³-hybridized carbons (Fsp3) is 0.314. The number of nitrogens with one attached hydrogen (secondary N) is 1. The Balaban J connectivity index is 1.54. The molecular weight excluding hydrogens is 514 g/mol. The average molecular weight is 552 g/mol. The molecule has 0 aromatic heterocycles. The topological polar surface area (TPSA) is 73.9 Å². The van der Waals surface area contributed by atoms with E-state index in [1.165, 1.54) is 0 Å². The van der Waals surface area contributed by atoms with Gasteiger partial charge < -0.3 is 19.5 Å². The van der Waals surface area contributed by atoms with Gasteiger partial charge in [0.2, 0.25) is 0 Å². The highest BCUT2D eigenvalue weighted by atomic mass is 16.5. The molecule has 0 radical (unpaired) electrons. The van der Waals surface area contributed by atoms with Gasteiger partial charge in [-0.15, -0.1) is 0 Å². The minimum absolute atomic E-state index is 0.0220. The van der Waals surface area contributed by atoms with Crippen molar-refractivity contribution in [1.82, 2.24) is 5.32 Å². The van der Waals surface area contributed by atoms with Gasteiger partial charge in [0.25, 0.3) is 0 Å². The summed E-state index contributed by atoms with van der Waals surface area (Å²) in [5.41, 5.74) is 5.56. The molecule has 0 amide bonds. The maximum Gasteiger partial charge on any atom is 0.336 e. The number of carbonyl (C=O) groups excluding carboxylic acids is 2. The number of ether oxygens (including phenoxy) is 3. The second-order valence-electron chi connectivity index (χ2n) is 10.6. The molecule has 6 nitrogen and oxygen atoms in total. The normalized spacial score (nSPS) is 18.5. The van der Waals surface area contributed by atoms with Gasteiger partial charge in [0.1, 0.15) is 18.1 Å². The van der Waals surface area contributed by atoms with Gasteiger partial charge in [-0.2, -0.15) is 0 Å². The standard InChI is InChI=1S/C35H37NO5/c1-4-5-19-40-35(38)32-23(2)36-29-20-26(25-15-17-27(39-3)18-16-25)21-30(37)34(29)33(32)28-13-9-10-14-31(28)41-22-24-11-7-6-8-12-24/h6-18,26,33,36H,4-5,19-22H2,1-3H3/t26-,33-/m1/s1. The van der Waals surface area contributed by atoms with Crippen LogP contribution in [0.5, 0.6) is 11.5 Å². The summed E-state index contributed by atoms with van der Waals surface area (Å²) in [6, 6.07) is 25.6. The minimum atomic E-state index is -0.586. The van der Waals surface area contributed by atoms with Crippen molar-refractivity contribution >= 4 is 11.8 Å². The Hall–Kier alpha value is -4.32. The lowest BCUT2D eigenvalue weighted by Crippen LogP contribution is -2.36. The van der Waals surface area contributed by atoms with Crippen LogP contribution < -0.4 is 14.8 Å². The number of unbranched alkanes of at least 4 members (excludes halogenated alkanes) is 1. The number of hydrogen-bond donors (Lipinski definition) is 1. The Morgan fingerprint density at radius 3 is 2.41 bits per heavy atom. The summed E-state index contributed by atoms with van der Waals surface area (Å²) in [4.78, 5) is 27.6. The summed E-state index contributed by atoms with van der Waals surface area (Å²) in [5.74, 6) is 0.486. The number of methoxy groups -OCH3 is 1. The molecule has 1 aliphatic heterocycles. The smallest absolute Gasteiger partial charge is 0.336 e. The maximum absolute atomic E-state index is 14.0. The molecule has 5 rings (SSSR count). The van der Waals surface area contributed by atoms with E-state index in [4.69, 9.17) is 14.2 Å². The van der Waals surface area contributed by atoms with Crippen LogP contribution in [0.3, 0.4) is 0 Å². The van der Waals surface area contributed by atoms with Crippen molar-refractivity contribution in [1.29, 1.82) is 0 Å². The predicted molar refractivity (Wildman–Crippen MR) is 159 cm³/mol. The molecule has 1 aliphatic carbocycles. The lowest BCUT2D eigenvalue weighted by molar-refractivity contribution is -0.139. The molecule has 0 bridgehead atoms. The first-order valence-electron chi connectivity index (χ1n) is 14.3. The van der Waals surface area contributed by atoms with Crippen LogP contribution in [-0.4, -0.2) is 25.5 Å². The number of ketones is 1. The van der Waals surface area contributed by atoms with E-state index < -0.39 is 11.9 Å². The molecule has 2 aliphatic rings. The summed E-state index contributed by atoms with van der Waals surface area (Å²) in [6.45, 7) is 4.66. The Morgan fingerprint density at radius 2 is 1.68 bits per heavy atom. The molecule has 2 atom stereocenters. The summed E-state index contributed by atoms with van der Waals surface area (Å²) in [6.07, 6.45) is 2.72. The van der Waals surface area contributed by atoms with Crippen LogP contribution in [-0.2, 0) is 20.9 Å². The van der Waals surface area contributed by atoms with E-state index in [1.54, 1.807) is 7.11 Å². The van der Waals surface area contributed by atoms with E-state index in [0.29, 0.717) is 48.6 Å². The van der Waals surface area contributed by atoms with Crippen LogP contribution in [0.25, 0.3) is 0 Å². The highest BCUT2D eigenvalue weighted by Crippen LogP contribution is 2.48. The molecule has 3 aromatic rings. The van der Waals surface area contributed by atoms with Gasteiger partial charge in [-0.3, -0.25) is 4.79 Å². The quantitative estimate of drug-likeness (QED) is 0.217. The zero-order chi connectivity index (χ0) is 28.8. The molecule has 0 saturated heterocycles. The lowest BCUT2D eigenvalue weighted by atomic mass is 9.71. The van der Waals surface area contributed by atoms with Crippen LogP contribution in [0.15, 0.2) is 101 Å². The van der Waals surface area contributed by atoms with Gasteiger partial charge in [0.15, 0.2) is 5.78 Å². The van der Waals surface area contributed by atoms with Gasteiger partial charge in [0, 0.05) is 29.0 Å². The zero-order valence-electron chi connectivity index (χ0n) is 23.9. The molecule has 0 spiro atoms. The summed E-state index contributed by atoms with van der Waals surface area (Å²) < 4.78 is 17.4. The number of allylic oxidation sites excluding steroid dienone is 3. The van der Waals surface area contributed by atoms with Crippen molar-refractivity contribution in [3.63, 3.8) is 0 Å². The Labute approximate surface area is 242 Å². The molecule has 3 aromatic carbocycles. The molecule has 212 valence electrons. The lowest BCUT2D eigenvalue weighted by Gasteiger charge is -2.37. The van der Waals surface area contributed by atoms with E-state index in [9.17, 15) is 9.59 Å². The average Bonchev–Trinajstić information content (AvgIpc) is 3.00. The van der Waals surface area contributed by atoms with Crippen LogP contribution in [0.2, 0.25) is 0 Å². The van der Waals surface area contributed by atoms with Crippen molar-refractivity contribution in [2.24, 2.45) is 0 Å². The largest absolute Gasteiger partial charge is 0.497 e. The van der Waals surface area contributed by atoms with Crippen LogP contribution in [0.1, 0.15) is 68.1 Å². The van der Waals surface area contributed by atoms with Gasteiger partial charge in [-0.05, 0) is 55.0 Å². The number of para-hydroxylation sites is 1. The molecule has 1 N–H and O–H groups in total. The molecule has 0 unspecified atom stereocenters. The van der Waals surface area contributed by atoms with Crippen LogP contribution in [0, 0.1) is 0 Å². The Kier molecular flexibility index (Phi) is 8.88. The van der Waals surface area contributed by atoms with Crippen molar-refractivity contribution in [2.75, 3.05) is 13.7 Å². The summed E-state index contributed by atoms with van der Waals surface area (Å²) in [7, 11) is 1.64. The SMILES string of the molecule is CCCCOC(=O)C1=C(C)NC2=C(C(=O)C[C@H](c3ccc(OC)cc3)C2)[C@@H]1c1ccccc1OCc1ccccc1. The van der Waals surface area contributed by atoms with E-state index in [0.717, 1.165) is 41.0 Å². The number of hydrogen-bond acceptors (Lipinski definition) is 6. The zero-order valence-corrected chi connectivity index (χ0v) is 23.9. The fourth-order valence-electron chi connectivity index (χ4n) is 5.71. The van der Waals surface area contributed by atoms with E-state index in [1.807, 2.05) is 85.8 Å². The van der Waals surface area contributed by atoms with E-state index >= 15 is 0 Å². The third kappa shape index (κ3) is 6.22. The van der Waals surface area contributed by atoms with Crippen LogP contribution >= 0.6 is 0 Å². The number of dihydropyridines is 1. The minimum Gasteiger partial charge on any atom is -0.497 e. The third-order valence-corrected chi connectivity index (χ3v) is 7.83. The van der Waals surface area contributed by atoms with Crippen molar-refractivity contribution < 1.29 is 23.8 Å². The molecule has 1 heterocycles. The second kappa shape index (κ2) is 12.9. The third-order valence-electron chi connectivity index (χ3n) is 7.83. The molecule has 0 saturated carbocycles. The first kappa shape index (κ1) is 28.2. The Morgan fingerprint density at radius 1 is 0.951 bits per heavy atom. The molecule has 6 heteroatoms. The predicted octanol–water partition coefficient (Wildman–Crippen LogP) is 6.98. The molecule has 0 fully saturated rings. The van der Waals surface area contributed by atoms with Crippen molar-refractivity contribution in [3.8, 4) is 11.5 Å². The van der Waals surface area contributed by atoms with E-state index in [-0.39, 0.29) is 11.7 Å². The first-order valence-corrected chi connectivity index (χ1v) is 14.3. The number of rotatable bonds is 10. The van der Waals surface area contributed by atoms with Gasteiger partial charge in [-0.25, -0.2) is 4.79 Å². The first-order chi connectivity index (χ1) is 20.0. The monoisotopic (exact) mass is 551 g/mol. The number of benzene rings is 3. The highest BCUT2D eigenvalue weighted by Gasteiger charge is 2.42. The van der Waals surface area contributed by atoms with Crippen LogP contribution in [0.4, 0.5) is 0 Å². The molecular formula is C35H37NO5. The Bertz CT molecular complexity index is 1460. The number of Topliss-reactive ketones (excluding diaryl/α,β-unsaturated/α-hetero) is 1. The maximum atomic E-state index is 14.0. The van der Waals surface area contributed by atoms with E-state index in [2.05, 4.69) is 12.2 Å². The number of carbonyl (C=O) groups is 2. The summed E-state index contributed by atoms with van der Waals surface area (Å²) in [5, 5.41) is 3.44.